The van der Waals surface area contributed by atoms with E-state index in [0.29, 0.717) is 0 Å². The van der Waals surface area contributed by atoms with Gasteiger partial charge in [-0.2, -0.15) is 0 Å². The van der Waals surface area contributed by atoms with Crippen molar-refractivity contribution in [2.75, 3.05) is 44.7 Å². The number of ether oxygens (including phenoxy) is 1. The average molecular weight is 288 g/mol. The highest BCUT2D eigenvalue weighted by Gasteiger charge is 2.10. The number of rotatable bonds is 6. The number of hydrogen-bond donors (Lipinski definition) is 1. The molecule has 0 radical (unpaired) electrons. The Morgan fingerprint density at radius 3 is 2.86 bits per heavy atom. The lowest BCUT2D eigenvalue weighted by Gasteiger charge is -2.26. The molecule has 5 heteroatoms. The van der Waals surface area contributed by atoms with Crippen LogP contribution in [0.25, 0.3) is 11.0 Å². The molecule has 2 aromatic rings. The van der Waals surface area contributed by atoms with Crippen LogP contribution in [0.2, 0.25) is 0 Å². The van der Waals surface area contributed by atoms with Crippen LogP contribution in [0.1, 0.15) is 13.3 Å². The van der Waals surface area contributed by atoms with Crippen LogP contribution in [0.5, 0.6) is 0 Å². The van der Waals surface area contributed by atoms with Crippen LogP contribution in [-0.2, 0) is 11.3 Å². The molecule has 1 aromatic heterocycles. The maximum atomic E-state index is 5.37. The molecule has 1 saturated heterocycles. The highest BCUT2D eigenvalue weighted by molar-refractivity contribution is 5.78. The first-order valence-electron chi connectivity index (χ1n) is 7.87. The summed E-state index contributed by atoms with van der Waals surface area (Å²) in [5.41, 5.74) is 2.27. The van der Waals surface area contributed by atoms with Crippen molar-refractivity contribution in [3.63, 3.8) is 0 Å². The molecule has 0 aliphatic carbocycles. The molecule has 0 amide bonds. The molecule has 0 bridgehead atoms. The second-order valence-electron chi connectivity index (χ2n) is 5.40. The Hall–Kier alpha value is -1.59. The fourth-order valence-electron chi connectivity index (χ4n) is 2.86. The SMILES string of the molecule is CCn1c(NCCCN2CCOCC2)nc2ccccc21. The third-order valence-electron chi connectivity index (χ3n) is 4.01. The van der Waals surface area contributed by atoms with E-state index in [4.69, 9.17) is 4.74 Å². The summed E-state index contributed by atoms with van der Waals surface area (Å²) in [6.07, 6.45) is 1.13. The molecule has 1 aliphatic heterocycles. The van der Waals surface area contributed by atoms with Gasteiger partial charge in [-0.1, -0.05) is 12.1 Å². The van der Waals surface area contributed by atoms with Gasteiger partial charge in [0, 0.05) is 26.2 Å². The van der Waals surface area contributed by atoms with Crippen molar-refractivity contribution in [3.05, 3.63) is 24.3 Å². The number of para-hydroxylation sites is 2. The number of aryl methyl sites for hydroxylation is 1. The third kappa shape index (κ3) is 3.36. The molecule has 1 aliphatic rings. The van der Waals surface area contributed by atoms with E-state index < -0.39 is 0 Å². The predicted molar refractivity (Wildman–Crippen MR) is 85.8 cm³/mol. The number of anilines is 1. The molecule has 2 heterocycles. The number of morpholine rings is 1. The molecule has 1 aromatic carbocycles. The predicted octanol–water partition coefficient (Wildman–Crippen LogP) is 2.19. The fourth-order valence-corrected chi connectivity index (χ4v) is 2.86. The average Bonchev–Trinajstić information content (AvgIpc) is 2.90. The van der Waals surface area contributed by atoms with Gasteiger partial charge in [0.05, 0.1) is 24.2 Å². The van der Waals surface area contributed by atoms with Gasteiger partial charge in [0.1, 0.15) is 0 Å². The topological polar surface area (TPSA) is 42.3 Å². The summed E-state index contributed by atoms with van der Waals surface area (Å²) in [7, 11) is 0. The Morgan fingerprint density at radius 1 is 1.24 bits per heavy atom. The molecule has 1 N–H and O–H groups in total. The van der Waals surface area contributed by atoms with E-state index in [0.717, 1.165) is 63.8 Å². The number of benzene rings is 1. The van der Waals surface area contributed by atoms with Gasteiger partial charge >= 0.3 is 0 Å². The molecule has 0 unspecified atom stereocenters. The van der Waals surface area contributed by atoms with E-state index in [1.54, 1.807) is 0 Å². The van der Waals surface area contributed by atoms with Gasteiger partial charge in [0.15, 0.2) is 0 Å². The van der Waals surface area contributed by atoms with Gasteiger partial charge in [-0.25, -0.2) is 4.98 Å². The normalized spacial score (nSPS) is 16.4. The molecule has 21 heavy (non-hydrogen) atoms. The van der Waals surface area contributed by atoms with Crippen molar-refractivity contribution < 1.29 is 4.74 Å². The summed E-state index contributed by atoms with van der Waals surface area (Å²) < 4.78 is 7.61. The molecule has 1 fully saturated rings. The third-order valence-corrected chi connectivity index (χ3v) is 4.01. The van der Waals surface area contributed by atoms with E-state index in [-0.39, 0.29) is 0 Å². The number of nitrogens with one attached hydrogen (secondary N) is 1. The van der Waals surface area contributed by atoms with Crippen molar-refractivity contribution in [2.24, 2.45) is 0 Å². The molecule has 114 valence electrons. The van der Waals surface area contributed by atoms with E-state index in [1.807, 2.05) is 6.07 Å². The number of hydrogen-bond acceptors (Lipinski definition) is 4. The van der Waals surface area contributed by atoms with Crippen LogP contribution in [0, 0.1) is 0 Å². The lowest BCUT2D eigenvalue weighted by Crippen LogP contribution is -2.37. The van der Waals surface area contributed by atoms with E-state index in [9.17, 15) is 0 Å². The summed E-state index contributed by atoms with van der Waals surface area (Å²) in [5, 5.41) is 3.49. The van der Waals surface area contributed by atoms with Crippen molar-refractivity contribution in [3.8, 4) is 0 Å². The van der Waals surface area contributed by atoms with Crippen LogP contribution in [0.15, 0.2) is 24.3 Å². The van der Waals surface area contributed by atoms with Gasteiger partial charge in [-0.15, -0.1) is 0 Å². The largest absolute Gasteiger partial charge is 0.379 e. The first-order chi connectivity index (χ1) is 10.4. The minimum Gasteiger partial charge on any atom is -0.379 e. The highest BCUT2D eigenvalue weighted by atomic mass is 16.5. The zero-order valence-corrected chi connectivity index (χ0v) is 12.7. The van der Waals surface area contributed by atoms with E-state index >= 15 is 0 Å². The van der Waals surface area contributed by atoms with Crippen LogP contribution >= 0.6 is 0 Å². The number of imidazole rings is 1. The van der Waals surface area contributed by atoms with Gasteiger partial charge < -0.3 is 14.6 Å². The Bertz CT molecular complexity index is 575. The van der Waals surface area contributed by atoms with Crippen molar-refractivity contribution in [1.82, 2.24) is 14.5 Å². The molecule has 0 spiro atoms. The second-order valence-corrected chi connectivity index (χ2v) is 5.40. The molecule has 3 rings (SSSR count). The maximum absolute atomic E-state index is 5.37. The van der Waals surface area contributed by atoms with Crippen LogP contribution in [0.3, 0.4) is 0 Å². The molecular weight excluding hydrogens is 264 g/mol. The lowest BCUT2D eigenvalue weighted by atomic mass is 10.3. The molecule has 5 nitrogen and oxygen atoms in total. The van der Waals surface area contributed by atoms with Crippen molar-refractivity contribution in [2.45, 2.75) is 19.9 Å². The van der Waals surface area contributed by atoms with Crippen LogP contribution in [0.4, 0.5) is 5.95 Å². The summed E-state index contributed by atoms with van der Waals surface area (Å²) in [6.45, 7) is 9.06. The monoisotopic (exact) mass is 288 g/mol. The van der Waals surface area contributed by atoms with Crippen molar-refractivity contribution >= 4 is 17.0 Å². The van der Waals surface area contributed by atoms with Crippen LogP contribution in [-0.4, -0.2) is 53.8 Å². The lowest BCUT2D eigenvalue weighted by molar-refractivity contribution is 0.0378. The minimum atomic E-state index is 0.874. The highest BCUT2D eigenvalue weighted by Crippen LogP contribution is 2.19. The number of aromatic nitrogens is 2. The minimum absolute atomic E-state index is 0.874. The molecule has 0 atom stereocenters. The van der Waals surface area contributed by atoms with Crippen LogP contribution < -0.4 is 5.32 Å². The zero-order valence-electron chi connectivity index (χ0n) is 12.7. The van der Waals surface area contributed by atoms with E-state index in [2.05, 4.69) is 44.9 Å². The summed E-state index contributed by atoms with van der Waals surface area (Å²) >= 11 is 0. The number of fused-ring (bicyclic) bond motifs is 1. The Labute approximate surface area is 125 Å². The summed E-state index contributed by atoms with van der Waals surface area (Å²) in [6, 6.07) is 8.31. The number of nitrogens with zero attached hydrogens (tertiary/aromatic N) is 3. The van der Waals surface area contributed by atoms with Gasteiger partial charge in [-0.3, -0.25) is 4.90 Å². The Kier molecular flexibility index (Phi) is 4.72. The smallest absolute Gasteiger partial charge is 0.203 e. The zero-order chi connectivity index (χ0) is 14.5. The second kappa shape index (κ2) is 6.91. The van der Waals surface area contributed by atoms with E-state index in [1.165, 1.54) is 5.52 Å². The standard InChI is InChI=1S/C16H24N4O/c1-2-20-15-7-4-3-6-14(15)18-16(20)17-8-5-9-19-10-12-21-13-11-19/h3-4,6-7H,2,5,8-13H2,1H3,(H,17,18). The van der Waals surface area contributed by atoms with Gasteiger partial charge in [-0.05, 0) is 32.0 Å². The Morgan fingerprint density at radius 2 is 2.05 bits per heavy atom. The summed E-state index contributed by atoms with van der Waals surface area (Å²) in [4.78, 5) is 7.15. The maximum Gasteiger partial charge on any atom is 0.203 e. The fraction of sp³-hybridized carbons (Fsp3) is 0.562. The first kappa shape index (κ1) is 14.4. The van der Waals surface area contributed by atoms with Crippen molar-refractivity contribution in [1.29, 1.82) is 0 Å². The summed E-state index contributed by atoms with van der Waals surface area (Å²) in [5.74, 6) is 0.987. The molecular formula is C16H24N4O. The first-order valence-corrected chi connectivity index (χ1v) is 7.87. The quantitative estimate of drug-likeness (QED) is 0.827. The van der Waals surface area contributed by atoms with Gasteiger partial charge in [0.25, 0.3) is 0 Å². The van der Waals surface area contributed by atoms with Gasteiger partial charge in [0.2, 0.25) is 5.95 Å². The Balaban J connectivity index is 1.55. The molecule has 0 saturated carbocycles.